The molecular weight excluding hydrogens is 344 g/mol. The summed E-state index contributed by atoms with van der Waals surface area (Å²) in [5.74, 6) is -0.0568. The molecule has 0 bridgehead atoms. The summed E-state index contributed by atoms with van der Waals surface area (Å²) in [5.41, 5.74) is 6.39. The van der Waals surface area contributed by atoms with Crippen LogP contribution in [0.1, 0.15) is 22.8 Å². The summed E-state index contributed by atoms with van der Waals surface area (Å²) in [4.78, 5) is 19.2. The number of benzene rings is 2. The van der Waals surface area contributed by atoms with Gasteiger partial charge >= 0.3 is 5.97 Å². The van der Waals surface area contributed by atoms with Gasteiger partial charge in [0.25, 0.3) is 5.95 Å². The highest BCUT2D eigenvalue weighted by molar-refractivity contribution is 6.03. The Hall–Kier alpha value is -3.81. The Morgan fingerprint density at radius 1 is 1.19 bits per heavy atom. The summed E-state index contributed by atoms with van der Waals surface area (Å²) >= 11 is 0. The molecule has 2 heterocycles. The van der Waals surface area contributed by atoms with Gasteiger partial charge in [-0.2, -0.15) is 10.1 Å². The zero-order valence-electron chi connectivity index (χ0n) is 14.5. The van der Waals surface area contributed by atoms with Gasteiger partial charge in [0.2, 0.25) is 0 Å². The molecule has 2 N–H and O–H groups in total. The highest BCUT2D eigenvalue weighted by Crippen LogP contribution is 2.21. The van der Waals surface area contributed by atoms with E-state index in [4.69, 9.17) is 4.74 Å². The number of hydrazone groups is 1. The van der Waals surface area contributed by atoms with Gasteiger partial charge in [-0.1, -0.05) is 30.3 Å². The van der Waals surface area contributed by atoms with E-state index in [0.29, 0.717) is 17.8 Å². The third-order valence-electron chi connectivity index (χ3n) is 3.92. The molecule has 27 heavy (non-hydrogen) atoms. The van der Waals surface area contributed by atoms with Crippen molar-refractivity contribution < 1.29 is 9.53 Å². The lowest BCUT2D eigenvalue weighted by atomic mass is 10.1. The first kappa shape index (κ1) is 16.6. The maximum Gasteiger partial charge on any atom is 0.338 e. The van der Waals surface area contributed by atoms with Gasteiger partial charge in [-0.05, 0) is 30.7 Å². The van der Waals surface area contributed by atoms with E-state index in [1.54, 1.807) is 37.4 Å². The first-order valence-corrected chi connectivity index (χ1v) is 8.42. The predicted octanol–water partition coefficient (Wildman–Crippen LogP) is 3.13. The third-order valence-corrected chi connectivity index (χ3v) is 3.92. The molecule has 0 fully saturated rings. The Morgan fingerprint density at radius 2 is 2.00 bits per heavy atom. The van der Waals surface area contributed by atoms with Crippen LogP contribution in [0.25, 0.3) is 22.1 Å². The van der Waals surface area contributed by atoms with Crippen molar-refractivity contribution in [3.05, 3.63) is 59.7 Å². The van der Waals surface area contributed by atoms with Crippen molar-refractivity contribution in [2.24, 2.45) is 5.10 Å². The second-order valence-electron chi connectivity index (χ2n) is 5.72. The van der Waals surface area contributed by atoms with Crippen LogP contribution >= 0.6 is 0 Å². The molecule has 2 aromatic heterocycles. The second kappa shape index (κ2) is 7.20. The van der Waals surface area contributed by atoms with Gasteiger partial charge in [0.05, 0.1) is 18.4 Å². The number of rotatable bonds is 5. The van der Waals surface area contributed by atoms with Gasteiger partial charge in [0.1, 0.15) is 5.52 Å². The van der Waals surface area contributed by atoms with Crippen LogP contribution in [0, 0.1) is 0 Å². The number of ether oxygens (including phenoxy) is 1. The van der Waals surface area contributed by atoms with Crippen LogP contribution in [0.3, 0.4) is 0 Å². The fourth-order valence-corrected chi connectivity index (χ4v) is 2.65. The van der Waals surface area contributed by atoms with Crippen LogP contribution in [-0.2, 0) is 4.74 Å². The standard InChI is InChI=1S/C19H16N6O2/c1-2-27-18(26)13-9-7-12(8-10-13)11-20-24-19-22-17-16(23-25-19)14-5-3-4-6-15(14)21-17/h3-11H,2H2,1H3,(H2,21,22,24,25)/b20-11-. The van der Waals surface area contributed by atoms with E-state index >= 15 is 0 Å². The van der Waals surface area contributed by atoms with Gasteiger partial charge in [0.15, 0.2) is 5.65 Å². The number of fused-ring (bicyclic) bond motifs is 3. The fraction of sp³-hybridized carbons (Fsp3) is 0.105. The van der Waals surface area contributed by atoms with Crippen molar-refractivity contribution in [3.63, 3.8) is 0 Å². The number of para-hydroxylation sites is 1. The second-order valence-corrected chi connectivity index (χ2v) is 5.72. The molecule has 0 spiro atoms. The third kappa shape index (κ3) is 3.45. The van der Waals surface area contributed by atoms with Gasteiger partial charge in [-0.25, -0.2) is 10.2 Å². The van der Waals surface area contributed by atoms with Crippen molar-refractivity contribution in [2.45, 2.75) is 6.92 Å². The molecule has 8 heteroatoms. The Balaban J connectivity index is 1.48. The normalized spacial score (nSPS) is 11.3. The van der Waals surface area contributed by atoms with Crippen LogP contribution in [-0.4, -0.2) is 39.0 Å². The van der Waals surface area contributed by atoms with Gasteiger partial charge in [0, 0.05) is 10.9 Å². The number of nitrogens with zero attached hydrogens (tertiary/aromatic N) is 4. The smallest absolute Gasteiger partial charge is 0.338 e. The largest absolute Gasteiger partial charge is 0.462 e. The molecule has 0 saturated heterocycles. The topological polar surface area (TPSA) is 105 Å². The molecule has 2 aromatic carbocycles. The summed E-state index contributed by atoms with van der Waals surface area (Å²) in [5, 5.41) is 13.4. The lowest BCUT2D eigenvalue weighted by Crippen LogP contribution is -2.04. The van der Waals surface area contributed by atoms with Gasteiger partial charge in [-0.15, -0.1) is 10.2 Å². The molecule has 0 aliphatic heterocycles. The summed E-state index contributed by atoms with van der Waals surface area (Å²) in [6, 6.07) is 14.7. The molecule has 0 amide bonds. The van der Waals surface area contributed by atoms with Gasteiger partial charge < -0.3 is 9.72 Å². The minimum absolute atomic E-state index is 0.286. The molecule has 0 radical (unpaired) electrons. The minimum Gasteiger partial charge on any atom is -0.462 e. The van der Waals surface area contributed by atoms with Crippen LogP contribution in [0.15, 0.2) is 53.6 Å². The molecule has 8 nitrogen and oxygen atoms in total. The Bertz CT molecular complexity index is 1130. The number of hydrogen-bond donors (Lipinski definition) is 2. The number of esters is 1. The van der Waals surface area contributed by atoms with Crippen molar-refractivity contribution in [1.29, 1.82) is 0 Å². The predicted molar refractivity (Wildman–Crippen MR) is 103 cm³/mol. The average molecular weight is 360 g/mol. The lowest BCUT2D eigenvalue weighted by molar-refractivity contribution is 0.0526. The van der Waals surface area contributed by atoms with Crippen LogP contribution < -0.4 is 5.43 Å². The molecule has 4 aromatic rings. The molecular formula is C19H16N6O2. The molecule has 0 saturated carbocycles. The van der Waals surface area contributed by atoms with E-state index < -0.39 is 0 Å². The zero-order valence-corrected chi connectivity index (χ0v) is 14.5. The number of carbonyl (C=O) groups is 1. The van der Waals surface area contributed by atoms with E-state index in [1.165, 1.54) is 0 Å². The minimum atomic E-state index is -0.342. The van der Waals surface area contributed by atoms with E-state index in [0.717, 1.165) is 22.0 Å². The molecule has 134 valence electrons. The number of aromatic amines is 1. The Labute approximate surface area is 154 Å². The quantitative estimate of drug-likeness (QED) is 0.322. The van der Waals surface area contributed by atoms with Crippen molar-refractivity contribution in [2.75, 3.05) is 12.0 Å². The number of anilines is 1. The number of nitrogens with one attached hydrogen (secondary N) is 2. The highest BCUT2D eigenvalue weighted by atomic mass is 16.5. The van der Waals surface area contributed by atoms with Gasteiger partial charge in [-0.3, -0.25) is 0 Å². The molecule has 0 aliphatic carbocycles. The van der Waals surface area contributed by atoms with Crippen LogP contribution in [0.5, 0.6) is 0 Å². The van der Waals surface area contributed by atoms with E-state index in [2.05, 4.69) is 30.7 Å². The number of H-pyrrole nitrogens is 1. The number of hydrogen-bond acceptors (Lipinski definition) is 7. The first-order valence-electron chi connectivity index (χ1n) is 8.42. The van der Waals surface area contributed by atoms with Crippen molar-refractivity contribution in [3.8, 4) is 0 Å². The van der Waals surface area contributed by atoms with E-state index in [-0.39, 0.29) is 11.9 Å². The lowest BCUT2D eigenvalue weighted by Gasteiger charge is -2.01. The maximum atomic E-state index is 11.6. The number of aromatic nitrogens is 4. The SMILES string of the molecule is CCOC(=O)c1ccc(/C=N\Nc2nnc3c(n2)[nH]c2ccccc23)cc1. The maximum absolute atomic E-state index is 11.6. The monoisotopic (exact) mass is 360 g/mol. The Morgan fingerprint density at radius 3 is 2.81 bits per heavy atom. The van der Waals surface area contributed by atoms with Crippen molar-refractivity contribution in [1.82, 2.24) is 20.2 Å². The molecule has 0 atom stereocenters. The fourth-order valence-electron chi connectivity index (χ4n) is 2.65. The number of carbonyl (C=O) groups excluding carboxylic acids is 1. The summed E-state index contributed by atoms with van der Waals surface area (Å²) in [6.07, 6.45) is 1.60. The first-order chi connectivity index (χ1) is 13.2. The molecule has 4 rings (SSSR count). The Kier molecular flexibility index (Phi) is 4.44. The molecule has 0 unspecified atom stereocenters. The van der Waals surface area contributed by atoms with Crippen LogP contribution in [0.4, 0.5) is 5.95 Å². The van der Waals surface area contributed by atoms with E-state index in [1.807, 2.05) is 24.3 Å². The van der Waals surface area contributed by atoms with Crippen molar-refractivity contribution >= 4 is 40.2 Å². The summed E-state index contributed by atoms with van der Waals surface area (Å²) in [6.45, 7) is 2.12. The summed E-state index contributed by atoms with van der Waals surface area (Å²) in [7, 11) is 0. The summed E-state index contributed by atoms with van der Waals surface area (Å²) < 4.78 is 4.95. The van der Waals surface area contributed by atoms with Crippen LogP contribution in [0.2, 0.25) is 0 Å². The zero-order chi connectivity index (χ0) is 18.6. The molecule has 0 aliphatic rings. The van der Waals surface area contributed by atoms with E-state index in [9.17, 15) is 4.79 Å². The highest BCUT2D eigenvalue weighted by Gasteiger charge is 2.08. The average Bonchev–Trinajstić information content (AvgIpc) is 3.06.